The van der Waals surface area contributed by atoms with Gasteiger partial charge in [0.15, 0.2) is 0 Å². The lowest BCUT2D eigenvalue weighted by atomic mass is 10.1. The van der Waals surface area contributed by atoms with Crippen LogP contribution in [0.4, 0.5) is 9.18 Å². The quantitative estimate of drug-likeness (QED) is 0.879. The van der Waals surface area contributed by atoms with Crippen LogP contribution in [0.1, 0.15) is 5.56 Å². The Kier molecular flexibility index (Phi) is 3.49. The number of aromatic nitrogens is 2. The smallest absolute Gasteiger partial charge is 0.326 e. The molecule has 0 aliphatic carbocycles. The van der Waals surface area contributed by atoms with Crippen LogP contribution in [0, 0.1) is 5.82 Å². The molecule has 4 nitrogen and oxygen atoms in total. The van der Waals surface area contributed by atoms with Crippen LogP contribution >= 0.6 is 0 Å². The molecule has 1 heterocycles. The Morgan fingerprint density at radius 3 is 2.76 bits per heavy atom. The first-order valence-corrected chi connectivity index (χ1v) is 5.26. The van der Waals surface area contributed by atoms with Crippen molar-refractivity contribution in [2.75, 3.05) is 6.54 Å². The Bertz CT molecular complexity index is 479. The molecule has 0 bridgehead atoms. The Morgan fingerprint density at radius 2 is 2.12 bits per heavy atom. The van der Waals surface area contributed by atoms with Crippen LogP contribution in [0.15, 0.2) is 43.0 Å². The van der Waals surface area contributed by atoms with Gasteiger partial charge in [0.05, 0.1) is 0 Å². The molecule has 0 fully saturated rings. The Morgan fingerprint density at radius 1 is 1.35 bits per heavy atom. The maximum Gasteiger partial charge on any atom is 0.326 e. The van der Waals surface area contributed by atoms with Gasteiger partial charge in [-0.3, -0.25) is 4.57 Å². The van der Waals surface area contributed by atoms with Crippen molar-refractivity contribution in [3.8, 4) is 0 Å². The number of amides is 1. The van der Waals surface area contributed by atoms with Gasteiger partial charge in [-0.05, 0) is 24.1 Å². The molecule has 1 amide bonds. The molecule has 2 aromatic rings. The molecule has 5 heteroatoms. The molecule has 0 unspecified atom stereocenters. The van der Waals surface area contributed by atoms with E-state index >= 15 is 0 Å². The van der Waals surface area contributed by atoms with Crippen LogP contribution in [0.2, 0.25) is 0 Å². The van der Waals surface area contributed by atoms with Crippen molar-refractivity contribution in [3.63, 3.8) is 0 Å². The standard InChI is InChI=1S/C12H12FN3O/c13-11-3-1-10(2-4-11)5-6-15-12(17)16-8-7-14-9-16/h1-4,7-9H,5-6H2,(H,15,17). The third-order valence-electron chi connectivity index (χ3n) is 2.34. The first-order valence-electron chi connectivity index (χ1n) is 5.26. The van der Waals surface area contributed by atoms with Crippen molar-refractivity contribution in [2.45, 2.75) is 6.42 Å². The molecule has 0 saturated heterocycles. The van der Waals surface area contributed by atoms with Crippen LogP contribution in [0.5, 0.6) is 0 Å². The normalized spacial score (nSPS) is 10.2. The van der Waals surface area contributed by atoms with Crippen LogP contribution in [-0.2, 0) is 6.42 Å². The van der Waals surface area contributed by atoms with E-state index in [2.05, 4.69) is 10.3 Å². The molecule has 0 aliphatic rings. The zero-order valence-electron chi connectivity index (χ0n) is 9.14. The van der Waals surface area contributed by atoms with Crippen molar-refractivity contribution in [1.82, 2.24) is 14.9 Å². The second-order valence-electron chi connectivity index (χ2n) is 3.58. The second kappa shape index (κ2) is 5.25. The fraction of sp³-hybridized carbons (Fsp3) is 0.167. The number of hydrogen-bond acceptors (Lipinski definition) is 2. The lowest BCUT2D eigenvalue weighted by Gasteiger charge is -2.05. The predicted molar refractivity (Wildman–Crippen MR) is 61.1 cm³/mol. The summed E-state index contributed by atoms with van der Waals surface area (Å²) in [7, 11) is 0. The van der Waals surface area contributed by atoms with Gasteiger partial charge >= 0.3 is 6.03 Å². The summed E-state index contributed by atoms with van der Waals surface area (Å²) in [6.45, 7) is 0.503. The van der Waals surface area contributed by atoms with Crippen LogP contribution in [-0.4, -0.2) is 22.1 Å². The average Bonchev–Trinajstić information content (AvgIpc) is 2.85. The number of nitrogens with zero attached hydrogens (tertiary/aromatic N) is 2. The van der Waals surface area contributed by atoms with E-state index in [9.17, 15) is 9.18 Å². The number of carbonyl (C=O) groups is 1. The number of nitrogens with one attached hydrogen (secondary N) is 1. The lowest BCUT2D eigenvalue weighted by molar-refractivity contribution is 0.242. The first-order chi connectivity index (χ1) is 8.25. The number of imidazole rings is 1. The third kappa shape index (κ3) is 3.14. The average molecular weight is 233 g/mol. The number of benzene rings is 1. The van der Waals surface area contributed by atoms with Gasteiger partial charge in [-0.2, -0.15) is 0 Å². The summed E-state index contributed by atoms with van der Waals surface area (Å²) in [5.41, 5.74) is 0.984. The van der Waals surface area contributed by atoms with Gasteiger partial charge in [0, 0.05) is 18.9 Å². The van der Waals surface area contributed by atoms with Crippen LogP contribution in [0.25, 0.3) is 0 Å². The highest BCUT2D eigenvalue weighted by Crippen LogP contribution is 2.02. The van der Waals surface area contributed by atoms with Crippen molar-refractivity contribution in [2.24, 2.45) is 0 Å². The third-order valence-corrected chi connectivity index (χ3v) is 2.34. The van der Waals surface area contributed by atoms with E-state index in [1.54, 1.807) is 24.5 Å². The van der Waals surface area contributed by atoms with E-state index in [4.69, 9.17) is 0 Å². The lowest BCUT2D eigenvalue weighted by Crippen LogP contribution is -2.29. The molecule has 0 saturated carbocycles. The first kappa shape index (κ1) is 11.3. The van der Waals surface area contributed by atoms with Gasteiger partial charge in [-0.25, -0.2) is 14.2 Å². The van der Waals surface area contributed by atoms with E-state index in [0.717, 1.165) is 5.56 Å². The van der Waals surface area contributed by atoms with Gasteiger partial charge < -0.3 is 5.32 Å². The minimum absolute atomic E-state index is 0.218. The molecule has 1 N–H and O–H groups in total. The Hall–Kier alpha value is -2.17. The minimum Gasteiger partial charge on any atom is -0.337 e. The highest BCUT2D eigenvalue weighted by molar-refractivity contribution is 5.76. The molecule has 1 aromatic heterocycles. The highest BCUT2D eigenvalue weighted by Gasteiger charge is 2.01. The van der Waals surface area contributed by atoms with Gasteiger partial charge in [-0.15, -0.1) is 0 Å². The molecule has 88 valence electrons. The minimum atomic E-state index is -0.254. The Balaban J connectivity index is 1.80. The van der Waals surface area contributed by atoms with Crippen molar-refractivity contribution >= 4 is 6.03 Å². The summed E-state index contributed by atoms with van der Waals surface area (Å²) in [6.07, 6.45) is 5.22. The molecule has 0 atom stereocenters. The van der Waals surface area contributed by atoms with Gasteiger partial charge in [0.25, 0.3) is 0 Å². The topological polar surface area (TPSA) is 46.9 Å². The van der Waals surface area contributed by atoms with Crippen molar-refractivity contribution in [1.29, 1.82) is 0 Å². The SMILES string of the molecule is O=C(NCCc1ccc(F)cc1)n1ccnc1. The maximum absolute atomic E-state index is 12.6. The predicted octanol–water partition coefficient (Wildman–Crippen LogP) is 1.82. The fourth-order valence-electron chi connectivity index (χ4n) is 1.44. The summed E-state index contributed by atoms with van der Waals surface area (Å²) in [4.78, 5) is 15.3. The summed E-state index contributed by atoms with van der Waals surface area (Å²) < 4.78 is 14.0. The maximum atomic E-state index is 12.6. The summed E-state index contributed by atoms with van der Waals surface area (Å²) in [5.74, 6) is -0.254. The molecule has 17 heavy (non-hydrogen) atoms. The van der Waals surface area contributed by atoms with E-state index in [0.29, 0.717) is 13.0 Å². The summed E-state index contributed by atoms with van der Waals surface area (Å²) in [5, 5.41) is 2.74. The molecule has 1 aromatic carbocycles. The molecular weight excluding hydrogens is 221 g/mol. The fourth-order valence-corrected chi connectivity index (χ4v) is 1.44. The van der Waals surface area contributed by atoms with Gasteiger partial charge in [0.1, 0.15) is 12.1 Å². The van der Waals surface area contributed by atoms with E-state index in [1.165, 1.54) is 23.0 Å². The molecule has 0 spiro atoms. The largest absolute Gasteiger partial charge is 0.337 e. The summed E-state index contributed by atoms with van der Waals surface area (Å²) in [6, 6.07) is 6.02. The monoisotopic (exact) mass is 233 g/mol. The van der Waals surface area contributed by atoms with E-state index in [-0.39, 0.29) is 11.8 Å². The van der Waals surface area contributed by atoms with Gasteiger partial charge in [-0.1, -0.05) is 12.1 Å². The van der Waals surface area contributed by atoms with Crippen molar-refractivity contribution in [3.05, 3.63) is 54.4 Å². The molecule has 0 radical (unpaired) electrons. The zero-order valence-corrected chi connectivity index (χ0v) is 9.14. The molecule has 0 aliphatic heterocycles. The van der Waals surface area contributed by atoms with Crippen LogP contribution in [0.3, 0.4) is 0 Å². The number of carbonyl (C=O) groups excluding carboxylic acids is 1. The highest BCUT2D eigenvalue weighted by atomic mass is 19.1. The molecule has 2 rings (SSSR count). The number of halogens is 1. The number of hydrogen-bond donors (Lipinski definition) is 1. The van der Waals surface area contributed by atoms with E-state index in [1.807, 2.05) is 0 Å². The second-order valence-corrected chi connectivity index (χ2v) is 3.58. The zero-order chi connectivity index (χ0) is 12.1. The summed E-state index contributed by atoms with van der Waals surface area (Å²) >= 11 is 0. The number of rotatable bonds is 3. The van der Waals surface area contributed by atoms with Crippen LogP contribution < -0.4 is 5.32 Å². The Labute approximate surface area is 98.1 Å². The molecular formula is C12H12FN3O. The van der Waals surface area contributed by atoms with E-state index < -0.39 is 0 Å². The van der Waals surface area contributed by atoms with Crippen molar-refractivity contribution < 1.29 is 9.18 Å². The van der Waals surface area contributed by atoms with Gasteiger partial charge in [0.2, 0.25) is 0 Å².